The molecular formula is C20H27Cl2N5O. The predicted molar refractivity (Wildman–Crippen MR) is 117 cm³/mol. The fraction of sp³-hybridized carbons (Fsp3) is 0.450. The maximum absolute atomic E-state index is 12.4. The first kappa shape index (κ1) is 22.2. The summed E-state index contributed by atoms with van der Waals surface area (Å²) >= 11 is 5.97. The molecule has 1 heterocycles. The molecule has 0 spiro atoms. The molecule has 1 saturated carbocycles. The molecule has 2 aromatic rings. The van der Waals surface area contributed by atoms with E-state index >= 15 is 0 Å². The second-order valence-electron chi connectivity index (χ2n) is 7.23. The number of anilines is 2. The number of benzene rings is 1. The van der Waals surface area contributed by atoms with Gasteiger partial charge in [0.05, 0.1) is 0 Å². The number of amides is 1. The lowest BCUT2D eigenvalue weighted by Gasteiger charge is -2.30. The van der Waals surface area contributed by atoms with Crippen molar-refractivity contribution in [3.63, 3.8) is 0 Å². The third-order valence-corrected chi connectivity index (χ3v) is 5.02. The number of hydrogen-bond acceptors (Lipinski definition) is 5. The van der Waals surface area contributed by atoms with Crippen LogP contribution in [0.25, 0.3) is 0 Å². The first-order chi connectivity index (χ1) is 12.9. The van der Waals surface area contributed by atoms with Gasteiger partial charge in [-0.2, -0.15) is 0 Å². The summed E-state index contributed by atoms with van der Waals surface area (Å²) in [5.74, 6) is 2.45. The highest BCUT2D eigenvalue weighted by Gasteiger charge is 2.23. The van der Waals surface area contributed by atoms with Gasteiger partial charge in [0.1, 0.15) is 17.5 Å². The van der Waals surface area contributed by atoms with Crippen LogP contribution in [0.1, 0.15) is 41.9 Å². The quantitative estimate of drug-likeness (QED) is 0.757. The second kappa shape index (κ2) is 9.94. The molecule has 1 aromatic carbocycles. The van der Waals surface area contributed by atoms with E-state index in [9.17, 15) is 4.79 Å². The van der Waals surface area contributed by atoms with E-state index in [4.69, 9.17) is 11.6 Å². The third-order valence-electron chi connectivity index (χ3n) is 4.78. The minimum atomic E-state index is -0.0593. The Kier molecular flexibility index (Phi) is 7.89. The molecule has 6 nitrogen and oxygen atoms in total. The number of nitrogens with zero attached hydrogens (tertiary/aromatic N) is 3. The highest BCUT2D eigenvalue weighted by Crippen LogP contribution is 2.23. The average molecular weight is 424 g/mol. The molecule has 1 aliphatic carbocycles. The molecule has 0 saturated heterocycles. The van der Waals surface area contributed by atoms with Crippen LogP contribution >= 0.6 is 24.0 Å². The van der Waals surface area contributed by atoms with Crippen LogP contribution in [-0.4, -0.2) is 42.1 Å². The van der Waals surface area contributed by atoms with Gasteiger partial charge in [0.25, 0.3) is 5.91 Å². The highest BCUT2D eigenvalue weighted by molar-refractivity contribution is 6.30. The van der Waals surface area contributed by atoms with Crippen molar-refractivity contribution < 1.29 is 4.79 Å². The van der Waals surface area contributed by atoms with E-state index in [0.717, 1.165) is 43.1 Å². The van der Waals surface area contributed by atoms with Crippen molar-refractivity contribution in [1.82, 2.24) is 15.3 Å². The van der Waals surface area contributed by atoms with Crippen LogP contribution in [0.15, 0.2) is 30.3 Å². The minimum Gasteiger partial charge on any atom is -0.367 e. The fourth-order valence-electron chi connectivity index (χ4n) is 3.34. The van der Waals surface area contributed by atoms with Crippen molar-refractivity contribution in [3.8, 4) is 0 Å². The standard InChI is InChI=1S/C20H26ClN5O.ClH/c1-13-22-18(12-19(23-13)26(2)3)24-16-7-9-17(10-8-16)25-20(27)14-5-4-6-15(21)11-14;/h4-6,11-12,16-17H,7-10H2,1-3H3,(H,25,27)(H,22,23,24);1H/t16-,17+;. The van der Waals surface area contributed by atoms with Gasteiger partial charge in [0.2, 0.25) is 0 Å². The Bertz CT molecular complexity index is 807. The first-order valence-electron chi connectivity index (χ1n) is 9.26. The number of aromatic nitrogens is 2. The lowest BCUT2D eigenvalue weighted by atomic mass is 9.91. The smallest absolute Gasteiger partial charge is 0.251 e. The highest BCUT2D eigenvalue weighted by atomic mass is 35.5. The predicted octanol–water partition coefficient (Wildman–Crippen LogP) is 4.08. The van der Waals surface area contributed by atoms with Crippen molar-refractivity contribution in [1.29, 1.82) is 0 Å². The zero-order valence-corrected chi connectivity index (χ0v) is 18.0. The molecule has 0 atom stereocenters. The van der Waals surface area contributed by atoms with Gasteiger partial charge >= 0.3 is 0 Å². The molecular weight excluding hydrogens is 397 g/mol. The van der Waals surface area contributed by atoms with Gasteiger partial charge < -0.3 is 15.5 Å². The van der Waals surface area contributed by atoms with Gasteiger partial charge in [0.15, 0.2) is 0 Å². The van der Waals surface area contributed by atoms with Gasteiger partial charge in [-0.3, -0.25) is 4.79 Å². The monoisotopic (exact) mass is 423 g/mol. The lowest BCUT2D eigenvalue weighted by Crippen LogP contribution is -2.40. The van der Waals surface area contributed by atoms with E-state index < -0.39 is 0 Å². The Hall–Kier alpha value is -2.05. The number of halogens is 2. The topological polar surface area (TPSA) is 70.2 Å². The van der Waals surface area contributed by atoms with E-state index in [2.05, 4.69) is 20.6 Å². The Morgan fingerprint density at radius 2 is 1.79 bits per heavy atom. The fourth-order valence-corrected chi connectivity index (χ4v) is 3.53. The third kappa shape index (κ3) is 5.97. The van der Waals surface area contributed by atoms with Gasteiger partial charge in [-0.15, -0.1) is 12.4 Å². The molecule has 1 fully saturated rings. The molecule has 1 aliphatic rings. The Morgan fingerprint density at radius 1 is 1.11 bits per heavy atom. The summed E-state index contributed by atoms with van der Waals surface area (Å²) in [6.07, 6.45) is 3.85. The van der Waals surface area contributed by atoms with Crippen molar-refractivity contribution in [3.05, 3.63) is 46.7 Å². The summed E-state index contributed by atoms with van der Waals surface area (Å²) in [6, 6.07) is 9.57. The normalized spacial score (nSPS) is 18.7. The zero-order chi connectivity index (χ0) is 19.4. The molecule has 0 unspecified atom stereocenters. The summed E-state index contributed by atoms with van der Waals surface area (Å²) in [4.78, 5) is 23.3. The summed E-state index contributed by atoms with van der Waals surface area (Å²) in [7, 11) is 3.94. The molecule has 0 radical (unpaired) electrons. The molecule has 1 amide bonds. The molecule has 28 heavy (non-hydrogen) atoms. The molecule has 0 aliphatic heterocycles. The van der Waals surface area contributed by atoms with Gasteiger partial charge in [-0.05, 0) is 50.8 Å². The van der Waals surface area contributed by atoms with Crippen LogP contribution in [0.4, 0.5) is 11.6 Å². The van der Waals surface area contributed by atoms with Crippen molar-refractivity contribution in [2.45, 2.75) is 44.7 Å². The summed E-state index contributed by atoms with van der Waals surface area (Å²) in [6.45, 7) is 1.90. The maximum Gasteiger partial charge on any atom is 0.251 e. The zero-order valence-electron chi connectivity index (χ0n) is 16.4. The molecule has 1 aromatic heterocycles. The second-order valence-corrected chi connectivity index (χ2v) is 7.67. The minimum absolute atomic E-state index is 0. The van der Waals surface area contributed by atoms with E-state index in [1.807, 2.05) is 32.0 Å². The molecule has 2 N–H and O–H groups in total. The summed E-state index contributed by atoms with van der Waals surface area (Å²) in [5, 5.41) is 7.22. The van der Waals surface area contributed by atoms with Gasteiger partial charge in [0, 0.05) is 42.8 Å². The van der Waals surface area contributed by atoms with Crippen LogP contribution in [0, 0.1) is 6.92 Å². The van der Waals surface area contributed by atoms with Gasteiger partial charge in [-0.1, -0.05) is 17.7 Å². The average Bonchev–Trinajstić information content (AvgIpc) is 2.63. The largest absolute Gasteiger partial charge is 0.367 e. The van der Waals surface area contributed by atoms with Crippen LogP contribution < -0.4 is 15.5 Å². The van der Waals surface area contributed by atoms with Crippen molar-refractivity contribution in [2.75, 3.05) is 24.3 Å². The SMILES string of the molecule is Cc1nc(N[C@H]2CC[C@@H](NC(=O)c3cccc(Cl)c3)CC2)cc(N(C)C)n1.Cl. The number of carbonyl (C=O) groups excluding carboxylic acids is 1. The molecule has 3 rings (SSSR count). The van der Waals surface area contributed by atoms with E-state index in [1.54, 1.807) is 24.3 Å². The van der Waals surface area contributed by atoms with E-state index in [-0.39, 0.29) is 24.4 Å². The first-order valence-corrected chi connectivity index (χ1v) is 9.64. The van der Waals surface area contributed by atoms with Crippen LogP contribution in [-0.2, 0) is 0 Å². The molecule has 0 bridgehead atoms. The number of carbonyl (C=O) groups is 1. The lowest BCUT2D eigenvalue weighted by molar-refractivity contribution is 0.0926. The summed E-state index contributed by atoms with van der Waals surface area (Å²) in [5.41, 5.74) is 0.607. The summed E-state index contributed by atoms with van der Waals surface area (Å²) < 4.78 is 0. The molecule has 8 heteroatoms. The Balaban J connectivity index is 0.00000280. The maximum atomic E-state index is 12.4. The molecule has 152 valence electrons. The Labute approximate surface area is 177 Å². The van der Waals surface area contributed by atoms with Crippen LogP contribution in [0.3, 0.4) is 0 Å². The van der Waals surface area contributed by atoms with Crippen LogP contribution in [0.5, 0.6) is 0 Å². The van der Waals surface area contributed by atoms with E-state index in [0.29, 0.717) is 16.6 Å². The Morgan fingerprint density at radius 3 is 2.43 bits per heavy atom. The number of nitrogens with one attached hydrogen (secondary N) is 2. The van der Waals surface area contributed by atoms with Gasteiger partial charge in [-0.25, -0.2) is 9.97 Å². The van der Waals surface area contributed by atoms with Crippen molar-refractivity contribution >= 4 is 41.6 Å². The van der Waals surface area contributed by atoms with Crippen LogP contribution in [0.2, 0.25) is 5.02 Å². The van der Waals surface area contributed by atoms with Crippen molar-refractivity contribution in [2.24, 2.45) is 0 Å². The number of aryl methyl sites for hydroxylation is 1. The van der Waals surface area contributed by atoms with E-state index in [1.165, 1.54) is 0 Å². The number of hydrogen-bond donors (Lipinski definition) is 2. The number of rotatable bonds is 5.